The predicted octanol–water partition coefficient (Wildman–Crippen LogP) is 4.03. The van der Waals surface area contributed by atoms with E-state index in [2.05, 4.69) is 6.92 Å². The summed E-state index contributed by atoms with van der Waals surface area (Å²) in [6.07, 6.45) is 0.935. The van der Waals surface area contributed by atoms with Crippen LogP contribution in [0.4, 0.5) is 0 Å². The molecule has 2 aromatic carbocycles. The molecular weight excluding hydrogens is 362 g/mol. The summed E-state index contributed by atoms with van der Waals surface area (Å²) < 4.78 is 28.1. The summed E-state index contributed by atoms with van der Waals surface area (Å²) in [6.45, 7) is 8.00. The molecule has 0 aromatic heterocycles. The van der Waals surface area contributed by atoms with Crippen LogP contribution in [0.5, 0.6) is 5.75 Å². The number of amides is 1. The zero-order valence-corrected chi connectivity index (χ0v) is 17.1. The monoisotopic (exact) mass is 389 g/mol. The van der Waals surface area contributed by atoms with Gasteiger partial charge < -0.3 is 9.08 Å². The summed E-state index contributed by atoms with van der Waals surface area (Å²) in [4.78, 5) is 14.7. The van der Waals surface area contributed by atoms with Gasteiger partial charge in [-0.2, -0.15) is 8.42 Å². The second-order valence-electron chi connectivity index (χ2n) is 6.65. The fourth-order valence-electron chi connectivity index (χ4n) is 2.59. The molecule has 0 saturated carbocycles. The summed E-state index contributed by atoms with van der Waals surface area (Å²) in [5.41, 5.74) is 2.76. The quantitative estimate of drug-likeness (QED) is 0.640. The summed E-state index contributed by atoms with van der Waals surface area (Å²) in [7, 11) is -3.54. The molecule has 0 fully saturated rings. The van der Waals surface area contributed by atoms with Gasteiger partial charge in [0, 0.05) is 18.2 Å². The minimum atomic E-state index is -3.54. The highest BCUT2D eigenvalue weighted by Crippen LogP contribution is 2.18. The van der Waals surface area contributed by atoms with E-state index >= 15 is 0 Å². The molecule has 2 rings (SSSR count). The Morgan fingerprint density at radius 1 is 0.963 bits per heavy atom. The Kier molecular flexibility index (Phi) is 7.02. The minimum Gasteiger partial charge on any atom is -0.382 e. The third kappa shape index (κ3) is 5.82. The van der Waals surface area contributed by atoms with Crippen molar-refractivity contribution in [3.63, 3.8) is 0 Å². The van der Waals surface area contributed by atoms with Crippen molar-refractivity contribution in [2.45, 2.75) is 46.7 Å². The van der Waals surface area contributed by atoms with E-state index in [1.165, 1.54) is 12.5 Å². The first-order valence-corrected chi connectivity index (χ1v) is 10.7. The first kappa shape index (κ1) is 21.0. The van der Waals surface area contributed by atoms with Crippen LogP contribution in [0.15, 0.2) is 48.5 Å². The maximum atomic E-state index is 12.9. The van der Waals surface area contributed by atoms with Crippen molar-refractivity contribution in [2.75, 3.05) is 5.75 Å². The van der Waals surface area contributed by atoms with Crippen molar-refractivity contribution >= 4 is 16.0 Å². The Morgan fingerprint density at radius 2 is 1.52 bits per heavy atom. The molecule has 0 unspecified atom stereocenters. The zero-order chi connectivity index (χ0) is 20.0. The summed E-state index contributed by atoms with van der Waals surface area (Å²) in [5.74, 6) is 0.168. The number of carbonyl (C=O) groups is 1. The Balaban J connectivity index is 2.14. The molecule has 5 nitrogen and oxygen atoms in total. The molecule has 0 atom stereocenters. The van der Waals surface area contributed by atoms with E-state index in [-0.39, 0.29) is 23.5 Å². The molecule has 0 radical (unpaired) electrons. The van der Waals surface area contributed by atoms with Gasteiger partial charge >= 0.3 is 10.1 Å². The van der Waals surface area contributed by atoms with Gasteiger partial charge in [-0.15, -0.1) is 0 Å². The van der Waals surface area contributed by atoms with E-state index in [0.29, 0.717) is 12.1 Å². The van der Waals surface area contributed by atoms with E-state index < -0.39 is 10.1 Å². The van der Waals surface area contributed by atoms with Crippen LogP contribution < -0.4 is 4.18 Å². The van der Waals surface area contributed by atoms with E-state index in [4.69, 9.17) is 4.18 Å². The fraction of sp³-hybridized carbons (Fsp3) is 0.381. The van der Waals surface area contributed by atoms with Crippen molar-refractivity contribution < 1.29 is 17.4 Å². The van der Waals surface area contributed by atoms with Gasteiger partial charge in [0.1, 0.15) is 5.75 Å². The van der Waals surface area contributed by atoms with Gasteiger partial charge in [-0.1, -0.05) is 31.2 Å². The van der Waals surface area contributed by atoms with Crippen LogP contribution in [-0.4, -0.2) is 31.0 Å². The molecule has 0 bridgehead atoms. The highest BCUT2D eigenvalue weighted by Gasteiger charge is 2.19. The molecule has 1 amide bonds. The Bertz CT molecular complexity index is 856. The first-order chi connectivity index (χ1) is 12.8. The van der Waals surface area contributed by atoms with Crippen LogP contribution in [0.25, 0.3) is 0 Å². The van der Waals surface area contributed by atoms with Crippen molar-refractivity contribution in [1.82, 2.24) is 4.90 Å². The molecule has 27 heavy (non-hydrogen) atoms. The number of carbonyl (C=O) groups excluding carboxylic acids is 1. The van der Waals surface area contributed by atoms with Gasteiger partial charge in [-0.3, -0.25) is 4.79 Å². The summed E-state index contributed by atoms with van der Waals surface area (Å²) in [5, 5.41) is 0. The Labute approximate surface area is 162 Å². The molecule has 0 aliphatic carbocycles. The van der Waals surface area contributed by atoms with Crippen LogP contribution in [-0.2, 0) is 23.1 Å². The van der Waals surface area contributed by atoms with E-state index in [0.717, 1.165) is 12.0 Å². The molecule has 0 aliphatic heterocycles. The molecule has 0 heterocycles. The Hall–Kier alpha value is -2.34. The normalized spacial score (nSPS) is 11.4. The summed E-state index contributed by atoms with van der Waals surface area (Å²) in [6, 6.07) is 14.5. The van der Waals surface area contributed by atoms with Crippen molar-refractivity contribution in [3.8, 4) is 5.75 Å². The molecule has 0 aliphatic rings. The smallest absolute Gasteiger partial charge is 0.308 e. The number of nitrogens with zero attached hydrogens (tertiary/aromatic N) is 1. The fourth-order valence-corrected chi connectivity index (χ4v) is 3.11. The van der Waals surface area contributed by atoms with E-state index in [1.807, 2.05) is 38.1 Å². The Morgan fingerprint density at radius 3 is 2.00 bits per heavy atom. The van der Waals surface area contributed by atoms with Crippen LogP contribution in [0.3, 0.4) is 0 Å². The minimum absolute atomic E-state index is 0.0264. The lowest BCUT2D eigenvalue weighted by Gasteiger charge is -2.27. The predicted molar refractivity (Wildman–Crippen MR) is 107 cm³/mol. The first-order valence-electron chi connectivity index (χ1n) is 9.16. The highest BCUT2D eigenvalue weighted by atomic mass is 32.2. The lowest BCUT2D eigenvalue weighted by atomic mass is 10.1. The van der Waals surface area contributed by atoms with Crippen LogP contribution >= 0.6 is 0 Å². The number of aryl methyl sites for hydroxylation is 1. The van der Waals surface area contributed by atoms with Crippen molar-refractivity contribution in [1.29, 1.82) is 0 Å². The van der Waals surface area contributed by atoms with Crippen LogP contribution in [0, 0.1) is 0 Å². The molecule has 0 N–H and O–H groups in total. The molecular formula is C21H27NO4S. The van der Waals surface area contributed by atoms with E-state index in [1.54, 1.807) is 29.2 Å². The lowest BCUT2D eigenvalue weighted by Crippen LogP contribution is -2.36. The van der Waals surface area contributed by atoms with Crippen molar-refractivity contribution in [3.05, 3.63) is 65.2 Å². The second-order valence-corrected chi connectivity index (χ2v) is 8.51. The van der Waals surface area contributed by atoms with Crippen molar-refractivity contribution in [2.24, 2.45) is 0 Å². The number of hydrogen-bond donors (Lipinski definition) is 0. The maximum Gasteiger partial charge on any atom is 0.308 e. The summed E-state index contributed by atoms with van der Waals surface area (Å²) >= 11 is 0. The molecule has 0 saturated heterocycles. The second kappa shape index (κ2) is 9.04. The molecule has 146 valence electrons. The van der Waals surface area contributed by atoms with Gasteiger partial charge in [-0.05, 0) is 62.6 Å². The third-order valence-corrected chi connectivity index (χ3v) is 5.50. The molecule has 2 aromatic rings. The average Bonchev–Trinajstić information content (AvgIpc) is 2.66. The van der Waals surface area contributed by atoms with Gasteiger partial charge in [0.15, 0.2) is 0 Å². The van der Waals surface area contributed by atoms with Crippen LogP contribution in [0.2, 0.25) is 0 Å². The van der Waals surface area contributed by atoms with Gasteiger partial charge in [-0.25, -0.2) is 0 Å². The maximum absolute atomic E-state index is 12.9. The van der Waals surface area contributed by atoms with Crippen LogP contribution in [0.1, 0.15) is 49.2 Å². The number of benzene rings is 2. The molecule has 0 spiro atoms. The average molecular weight is 390 g/mol. The lowest BCUT2D eigenvalue weighted by molar-refractivity contribution is 0.0690. The van der Waals surface area contributed by atoms with Gasteiger partial charge in [0.2, 0.25) is 0 Å². The van der Waals surface area contributed by atoms with E-state index in [9.17, 15) is 13.2 Å². The van der Waals surface area contributed by atoms with Gasteiger partial charge in [0.05, 0.1) is 5.75 Å². The molecule has 6 heteroatoms. The SMILES string of the molecule is CCc1ccc(C(=O)N(Cc2ccc(OS(=O)(=O)CC)cc2)C(C)C)cc1. The number of hydrogen-bond acceptors (Lipinski definition) is 4. The largest absolute Gasteiger partial charge is 0.382 e. The highest BCUT2D eigenvalue weighted by molar-refractivity contribution is 7.87. The topological polar surface area (TPSA) is 63.7 Å². The standard InChI is InChI=1S/C21H27NO4S/c1-5-17-7-11-19(12-8-17)21(23)22(16(3)4)15-18-9-13-20(14-10-18)26-27(24,25)6-2/h7-14,16H,5-6,15H2,1-4H3. The number of rotatable bonds is 8. The van der Waals surface area contributed by atoms with Gasteiger partial charge in [0.25, 0.3) is 5.91 Å². The third-order valence-electron chi connectivity index (χ3n) is 4.35. The zero-order valence-electron chi connectivity index (χ0n) is 16.3.